The van der Waals surface area contributed by atoms with Crippen LogP contribution in [-0.2, 0) is 0 Å². The number of methoxy groups -OCH3 is 1. The molecule has 0 saturated carbocycles. The third kappa shape index (κ3) is 4.16. The van der Waals surface area contributed by atoms with Gasteiger partial charge >= 0.3 is 0 Å². The highest BCUT2D eigenvalue weighted by molar-refractivity contribution is 7.99. The van der Waals surface area contributed by atoms with Crippen molar-refractivity contribution in [3.05, 3.63) is 54.0 Å². The molecule has 1 atom stereocenters. The fourth-order valence-electron chi connectivity index (χ4n) is 2.92. The van der Waals surface area contributed by atoms with Gasteiger partial charge in [-0.3, -0.25) is 9.47 Å². The highest BCUT2D eigenvalue weighted by Gasteiger charge is 2.23. The number of nitriles is 1. The summed E-state index contributed by atoms with van der Waals surface area (Å²) in [6, 6.07) is 13.6. The smallest absolute Gasteiger partial charge is 0.202 e. The number of aromatic nitrogens is 4. The molecule has 28 heavy (non-hydrogen) atoms. The molecule has 1 aromatic carbocycles. The van der Waals surface area contributed by atoms with E-state index in [-0.39, 0.29) is 6.04 Å². The second-order valence-corrected chi connectivity index (χ2v) is 7.35. The first-order valence-corrected chi connectivity index (χ1v) is 9.69. The third-order valence-electron chi connectivity index (χ3n) is 4.36. The van der Waals surface area contributed by atoms with Gasteiger partial charge in [0.15, 0.2) is 5.82 Å². The minimum absolute atomic E-state index is 0.123. The summed E-state index contributed by atoms with van der Waals surface area (Å²) < 4.78 is 7.33. The van der Waals surface area contributed by atoms with Gasteiger partial charge in [-0.25, -0.2) is 4.98 Å². The molecule has 0 saturated heterocycles. The highest BCUT2D eigenvalue weighted by atomic mass is 32.2. The van der Waals surface area contributed by atoms with Crippen LogP contribution in [0.3, 0.4) is 0 Å². The van der Waals surface area contributed by atoms with E-state index in [1.807, 2.05) is 44.4 Å². The van der Waals surface area contributed by atoms with Gasteiger partial charge in [0.2, 0.25) is 5.16 Å². The molecule has 3 aromatic rings. The summed E-state index contributed by atoms with van der Waals surface area (Å²) in [5.41, 5.74) is 1.48. The van der Waals surface area contributed by atoms with E-state index < -0.39 is 0 Å². The Morgan fingerprint density at radius 2 is 1.93 bits per heavy atom. The van der Waals surface area contributed by atoms with Gasteiger partial charge in [0.25, 0.3) is 0 Å². The molecule has 0 aliphatic heterocycles. The Morgan fingerprint density at radius 3 is 2.46 bits per heavy atom. The summed E-state index contributed by atoms with van der Waals surface area (Å²) >= 11 is 1.42. The number of benzene rings is 1. The van der Waals surface area contributed by atoms with E-state index >= 15 is 0 Å². The van der Waals surface area contributed by atoms with Gasteiger partial charge in [-0.1, -0.05) is 6.92 Å². The Morgan fingerprint density at radius 1 is 1.18 bits per heavy atom. The van der Waals surface area contributed by atoms with Crippen molar-refractivity contribution < 1.29 is 4.74 Å². The van der Waals surface area contributed by atoms with E-state index in [0.717, 1.165) is 33.9 Å². The van der Waals surface area contributed by atoms with Gasteiger partial charge < -0.3 is 4.74 Å². The van der Waals surface area contributed by atoms with Crippen LogP contribution >= 0.6 is 11.8 Å². The molecule has 2 aromatic heterocycles. The average Bonchev–Trinajstić information content (AvgIpc) is 3.12. The standard InChI is InChI=1S/C20H22N6OS/c1-5-17(25(2)3)19-23-24-20(28-18-11-6-14(12-21)13-22-18)26(19)15-7-9-16(27-4)10-8-15/h6-11,13,17H,5H2,1-4H3. The van der Waals surface area contributed by atoms with E-state index in [0.29, 0.717) is 5.56 Å². The largest absolute Gasteiger partial charge is 0.497 e. The number of hydrogen-bond donors (Lipinski definition) is 0. The van der Waals surface area contributed by atoms with Gasteiger partial charge in [-0.2, -0.15) is 5.26 Å². The van der Waals surface area contributed by atoms with Crippen LogP contribution in [0.25, 0.3) is 5.69 Å². The first-order valence-electron chi connectivity index (χ1n) is 8.87. The number of nitrogens with zero attached hydrogens (tertiary/aromatic N) is 6. The van der Waals surface area contributed by atoms with Gasteiger partial charge in [-0.15, -0.1) is 10.2 Å². The lowest BCUT2D eigenvalue weighted by Crippen LogP contribution is -2.22. The SMILES string of the molecule is CCC(c1nnc(Sc2ccc(C#N)cn2)n1-c1ccc(OC)cc1)N(C)C. The zero-order chi connectivity index (χ0) is 20.1. The van der Waals surface area contributed by atoms with Crippen molar-refractivity contribution in [2.24, 2.45) is 0 Å². The Balaban J connectivity index is 2.05. The summed E-state index contributed by atoms with van der Waals surface area (Å²) in [5, 5.41) is 19.4. The molecule has 0 bridgehead atoms. The van der Waals surface area contributed by atoms with E-state index in [2.05, 4.69) is 37.6 Å². The van der Waals surface area contributed by atoms with Crippen molar-refractivity contribution in [2.75, 3.05) is 21.2 Å². The quantitative estimate of drug-likeness (QED) is 0.604. The second kappa shape index (κ2) is 8.87. The molecule has 3 rings (SSSR count). The van der Waals surface area contributed by atoms with Gasteiger partial charge in [0.05, 0.1) is 18.7 Å². The maximum Gasteiger partial charge on any atom is 0.202 e. The first kappa shape index (κ1) is 19.9. The van der Waals surface area contributed by atoms with Crippen molar-refractivity contribution in [1.29, 1.82) is 5.26 Å². The van der Waals surface area contributed by atoms with Crippen molar-refractivity contribution in [3.63, 3.8) is 0 Å². The number of rotatable bonds is 7. The van der Waals surface area contributed by atoms with Crippen LogP contribution in [0.5, 0.6) is 5.75 Å². The average molecular weight is 395 g/mol. The molecule has 1 unspecified atom stereocenters. The predicted octanol–water partition coefficient (Wildman–Crippen LogP) is 3.71. The normalized spacial score (nSPS) is 12.0. The van der Waals surface area contributed by atoms with Crippen LogP contribution < -0.4 is 4.74 Å². The lowest BCUT2D eigenvalue weighted by atomic mass is 10.2. The van der Waals surface area contributed by atoms with Crippen LogP contribution in [0.4, 0.5) is 0 Å². The zero-order valence-electron chi connectivity index (χ0n) is 16.3. The van der Waals surface area contributed by atoms with Gasteiger partial charge in [0.1, 0.15) is 16.8 Å². The molecule has 0 aliphatic carbocycles. The Hall–Kier alpha value is -2.89. The van der Waals surface area contributed by atoms with Crippen molar-refractivity contribution >= 4 is 11.8 Å². The Labute approximate surface area is 169 Å². The molecule has 7 nitrogen and oxygen atoms in total. The fraction of sp³-hybridized carbons (Fsp3) is 0.300. The lowest BCUT2D eigenvalue weighted by Gasteiger charge is -2.23. The van der Waals surface area contributed by atoms with Crippen molar-refractivity contribution in [2.45, 2.75) is 29.6 Å². The maximum absolute atomic E-state index is 8.96. The number of hydrogen-bond acceptors (Lipinski definition) is 7. The topological polar surface area (TPSA) is 79.9 Å². The summed E-state index contributed by atoms with van der Waals surface area (Å²) in [6.45, 7) is 2.13. The summed E-state index contributed by atoms with van der Waals surface area (Å²) in [7, 11) is 5.72. The first-order chi connectivity index (χ1) is 13.6. The minimum atomic E-state index is 0.123. The molecule has 0 spiro atoms. The number of pyridine rings is 1. The lowest BCUT2D eigenvalue weighted by molar-refractivity contribution is 0.276. The molecule has 0 fully saturated rings. The maximum atomic E-state index is 8.96. The fourth-order valence-corrected chi connectivity index (χ4v) is 3.72. The summed E-state index contributed by atoms with van der Waals surface area (Å²) in [6.07, 6.45) is 2.47. The molecular weight excluding hydrogens is 372 g/mol. The monoisotopic (exact) mass is 394 g/mol. The molecular formula is C20H22N6OS. The molecule has 0 N–H and O–H groups in total. The van der Waals surface area contributed by atoms with Crippen LogP contribution in [0.2, 0.25) is 0 Å². The molecule has 144 valence electrons. The second-order valence-electron chi connectivity index (χ2n) is 6.36. The molecule has 0 radical (unpaired) electrons. The van der Waals surface area contributed by atoms with Crippen LogP contribution in [0, 0.1) is 11.3 Å². The van der Waals surface area contributed by atoms with Crippen LogP contribution in [0.1, 0.15) is 30.8 Å². The van der Waals surface area contributed by atoms with Crippen LogP contribution in [-0.4, -0.2) is 45.9 Å². The summed E-state index contributed by atoms with van der Waals surface area (Å²) in [4.78, 5) is 6.48. The minimum Gasteiger partial charge on any atom is -0.497 e. The van der Waals surface area contributed by atoms with Gasteiger partial charge in [-0.05, 0) is 68.7 Å². The zero-order valence-corrected chi connectivity index (χ0v) is 17.1. The van der Waals surface area contributed by atoms with E-state index in [9.17, 15) is 0 Å². The molecule has 0 amide bonds. The van der Waals surface area contributed by atoms with Gasteiger partial charge in [0, 0.05) is 11.9 Å². The van der Waals surface area contributed by atoms with E-state index in [4.69, 9.17) is 10.00 Å². The molecule has 0 aliphatic rings. The molecule has 8 heteroatoms. The molecule has 2 heterocycles. The Bertz CT molecular complexity index is 960. The number of ether oxygens (including phenoxy) is 1. The van der Waals surface area contributed by atoms with Crippen LogP contribution in [0.15, 0.2) is 52.8 Å². The highest BCUT2D eigenvalue weighted by Crippen LogP contribution is 2.32. The van der Waals surface area contributed by atoms with Crippen molar-refractivity contribution in [1.82, 2.24) is 24.6 Å². The summed E-state index contributed by atoms with van der Waals surface area (Å²) in [5.74, 6) is 1.66. The third-order valence-corrected chi connectivity index (χ3v) is 5.26. The van der Waals surface area contributed by atoms with Crippen molar-refractivity contribution in [3.8, 4) is 17.5 Å². The van der Waals surface area contributed by atoms with E-state index in [1.165, 1.54) is 11.8 Å². The predicted molar refractivity (Wildman–Crippen MR) is 108 cm³/mol. The Kier molecular flexibility index (Phi) is 6.29. The van der Waals surface area contributed by atoms with E-state index in [1.54, 1.807) is 19.4 Å².